The molecule has 1 aliphatic rings. The fourth-order valence-corrected chi connectivity index (χ4v) is 3.16. The Morgan fingerprint density at radius 1 is 0.963 bits per heavy atom. The molecular weight excluding hydrogens is 359 g/mol. The van der Waals surface area contributed by atoms with Crippen molar-refractivity contribution in [1.29, 1.82) is 0 Å². The normalized spacial score (nSPS) is 20.3. The van der Waals surface area contributed by atoms with Gasteiger partial charge < -0.3 is 4.74 Å². The predicted molar refractivity (Wildman–Crippen MR) is 93.2 cm³/mol. The highest BCUT2D eigenvalue weighted by atomic mass is 19.4. The van der Waals surface area contributed by atoms with Crippen molar-refractivity contribution >= 4 is 17.5 Å². The number of halogens is 3. The van der Waals surface area contributed by atoms with Crippen LogP contribution < -0.4 is 9.64 Å². The molecule has 0 saturated carbocycles. The first-order chi connectivity index (χ1) is 12.7. The number of imide groups is 1. The molecule has 1 saturated heterocycles. The van der Waals surface area contributed by atoms with Crippen molar-refractivity contribution < 1.29 is 27.5 Å². The maximum Gasteiger partial charge on any atom is 0.573 e. The molecule has 2 aromatic carbocycles. The highest BCUT2D eigenvalue weighted by Gasteiger charge is 2.45. The summed E-state index contributed by atoms with van der Waals surface area (Å²) in [7, 11) is 0. The molecule has 0 radical (unpaired) electrons. The number of nitrogens with zero attached hydrogens (tertiary/aromatic N) is 1. The fourth-order valence-electron chi connectivity index (χ4n) is 3.16. The van der Waals surface area contributed by atoms with Crippen molar-refractivity contribution in [3.63, 3.8) is 0 Å². The van der Waals surface area contributed by atoms with Crippen LogP contribution in [0.25, 0.3) is 0 Å². The zero-order chi connectivity index (χ0) is 19.8. The van der Waals surface area contributed by atoms with Gasteiger partial charge in [0, 0.05) is 5.92 Å². The summed E-state index contributed by atoms with van der Waals surface area (Å²) in [5.41, 5.74) is 2.29. The van der Waals surface area contributed by atoms with Gasteiger partial charge >= 0.3 is 6.36 Å². The molecule has 0 unspecified atom stereocenters. The molecule has 2 atom stereocenters. The van der Waals surface area contributed by atoms with Crippen LogP contribution in [0.5, 0.6) is 5.75 Å². The Bertz CT molecular complexity index is 844. The molecule has 7 heteroatoms. The average Bonchev–Trinajstić information content (AvgIpc) is 2.80. The van der Waals surface area contributed by atoms with Gasteiger partial charge in [0.2, 0.25) is 11.8 Å². The molecule has 3 rings (SSSR count). The average molecular weight is 377 g/mol. The summed E-state index contributed by atoms with van der Waals surface area (Å²) in [5, 5.41) is 0. The van der Waals surface area contributed by atoms with E-state index in [-0.39, 0.29) is 17.5 Å². The van der Waals surface area contributed by atoms with Crippen LogP contribution in [0.1, 0.15) is 18.1 Å². The van der Waals surface area contributed by atoms with Gasteiger partial charge in [-0.1, -0.05) is 36.8 Å². The van der Waals surface area contributed by atoms with E-state index in [0.717, 1.165) is 28.2 Å². The van der Waals surface area contributed by atoms with E-state index in [0.29, 0.717) is 6.42 Å². The van der Waals surface area contributed by atoms with Gasteiger partial charge in [0.05, 0.1) is 11.6 Å². The van der Waals surface area contributed by atoms with Crippen LogP contribution >= 0.6 is 0 Å². The summed E-state index contributed by atoms with van der Waals surface area (Å²) in [6, 6.07) is 12.5. The highest BCUT2D eigenvalue weighted by Crippen LogP contribution is 2.34. The van der Waals surface area contributed by atoms with Crippen molar-refractivity contribution in [3.05, 3.63) is 59.7 Å². The van der Waals surface area contributed by atoms with Crippen LogP contribution in [0, 0.1) is 18.8 Å². The Balaban J connectivity index is 1.79. The Morgan fingerprint density at radius 3 is 2.11 bits per heavy atom. The van der Waals surface area contributed by atoms with E-state index in [4.69, 9.17) is 0 Å². The van der Waals surface area contributed by atoms with Gasteiger partial charge in [0.25, 0.3) is 0 Å². The third kappa shape index (κ3) is 4.13. The van der Waals surface area contributed by atoms with E-state index in [1.165, 1.54) is 12.1 Å². The zero-order valence-corrected chi connectivity index (χ0v) is 14.8. The number of ether oxygens (including phenoxy) is 1. The molecule has 27 heavy (non-hydrogen) atoms. The summed E-state index contributed by atoms with van der Waals surface area (Å²) in [6.07, 6.45) is -4.37. The number of alkyl halides is 3. The maximum absolute atomic E-state index is 12.8. The third-order valence-electron chi connectivity index (χ3n) is 4.66. The summed E-state index contributed by atoms with van der Waals surface area (Å²) in [6.45, 7) is 3.66. The number of hydrogen-bond acceptors (Lipinski definition) is 3. The second-order valence-electron chi connectivity index (χ2n) is 6.64. The highest BCUT2D eigenvalue weighted by molar-refractivity contribution is 6.22. The van der Waals surface area contributed by atoms with Crippen molar-refractivity contribution in [1.82, 2.24) is 0 Å². The summed E-state index contributed by atoms with van der Waals surface area (Å²) in [4.78, 5) is 26.4. The van der Waals surface area contributed by atoms with Crippen LogP contribution in [0.15, 0.2) is 48.5 Å². The number of anilines is 1. The van der Waals surface area contributed by atoms with Crippen LogP contribution in [0.2, 0.25) is 0 Å². The lowest BCUT2D eigenvalue weighted by Crippen LogP contribution is -2.31. The Labute approximate surface area is 154 Å². The topological polar surface area (TPSA) is 46.6 Å². The van der Waals surface area contributed by atoms with Gasteiger partial charge in [0.15, 0.2) is 0 Å². The minimum atomic E-state index is -4.80. The van der Waals surface area contributed by atoms with Gasteiger partial charge in [0.1, 0.15) is 5.75 Å². The molecule has 0 aromatic heterocycles. The summed E-state index contributed by atoms with van der Waals surface area (Å²) in [5.74, 6) is -2.13. The zero-order valence-electron chi connectivity index (χ0n) is 14.8. The Kier molecular flexibility index (Phi) is 4.95. The Hall–Kier alpha value is -2.83. The number of benzene rings is 2. The molecule has 0 N–H and O–H groups in total. The van der Waals surface area contributed by atoms with E-state index in [1.807, 2.05) is 31.2 Å². The number of amides is 2. The van der Waals surface area contributed by atoms with Crippen molar-refractivity contribution in [3.8, 4) is 5.75 Å². The van der Waals surface area contributed by atoms with Crippen LogP contribution in [-0.4, -0.2) is 18.2 Å². The predicted octanol–water partition coefficient (Wildman–Crippen LogP) is 4.26. The number of hydrogen-bond donors (Lipinski definition) is 0. The lowest BCUT2D eigenvalue weighted by atomic mass is 9.90. The molecule has 1 fully saturated rings. The molecule has 0 spiro atoms. The van der Waals surface area contributed by atoms with Crippen LogP contribution in [0.4, 0.5) is 18.9 Å². The van der Waals surface area contributed by atoms with Crippen molar-refractivity contribution in [2.24, 2.45) is 11.8 Å². The number of carbonyl (C=O) groups is 2. The summed E-state index contributed by atoms with van der Waals surface area (Å²) < 4.78 is 40.6. The molecular formula is C20H18F3NO3. The minimum absolute atomic E-state index is 0.234. The van der Waals surface area contributed by atoms with Crippen LogP contribution in [-0.2, 0) is 16.0 Å². The first-order valence-corrected chi connectivity index (χ1v) is 8.45. The Morgan fingerprint density at radius 2 is 1.56 bits per heavy atom. The number of aryl methyl sites for hydroxylation is 1. The minimum Gasteiger partial charge on any atom is -0.406 e. The van der Waals surface area contributed by atoms with Gasteiger partial charge in [-0.15, -0.1) is 13.2 Å². The lowest BCUT2D eigenvalue weighted by Gasteiger charge is -2.16. The van der Waals surface area contributed by atoms with Crippen molar-refractivity contribution in [2.45, 2.75) is 26.6 Å². The molecule has 0 bridgehead atoms. The monoisotopic (exact) mass is 377 g/mol. The molecule has 142 valence electrons. The molecule has 4 nitrogen and oxygen atoms in total. The maximum atomic E-state index is 12.8. The molecule has 2 aromatic rings. The lowest BCUT2D eigenvalue weighted by molar-refractivity contribution is -0.274. The number of carbonyl (C=O) groups excluding carboxylic acids is 2. The standard InChI is InChI=1S/C20H18F3NO3/c1-12-3-5-14(6-4-12)11-17-13(2)18(25)24(19(17)26)15-7-9-16(10-8-15)27-20(21,22)23/h3-10,13,17H,11H2,1-2H3/t13-,17+/m1/s1. The largest absolute Gasteiger partial charge is 0.573 e. The first kappa shape index (κ1) is 18.9. The quantitative estimate of drug-likeness (QED) is 0.748. The summed E-state index contributed by atoms with van der Waals surface area (Å²) >= 11 is 0. The third-order valence-corrected chi connectivity index (χ3v) is 4.66. The van der Waals surface area contributed by atoms with Gasteiger partial charge in [-0.2, -0.15) is 0 Å². The van der Waals surface area contributed by atoms with Crippen LogP contribution in [0.3, 0.4) is 0 Å². The van der Waals surface area contributed by atoms with Gasteiger partial charge in [-0.05, 0) is 43.2 Å². The second kappa shape index (κ2) is 7.06. The molecule has 0 aliphatic carbocycles. The number of rotatable bonds is 4. The van der Waals surface area contributed by atoms with Gasteiger partial charge in [-0.25, -0.2) is 0 Å². The van der Waals surface area contributed by atoms with Crippen molar-refractivity contribution in [2.75, 3.05) is 4.90 Å². The van der Waals surface area contributed by atoms with E-state index in [1.54, 1.807) is 6.92 Å². The van der Waals surface area contributed by atoms with E-state index in [2.05, 4.69) is 4.74 Å². The molecule has 1 aliphatic heterocycles. The fraction of sp³-hybridized carbons (Fsp3) is 0.300. The van der Waals surface area contributed by atoms with Gasteiger partial charge in [-0.3, -0.25) is 14.5 Å². The SMILES string of the molecule is Cc1ccc(C[C@@H]2C(=O)N(c3ccc(OC(F)(F)F)cc3)C(=O)[C@@H]2C)cc1. The van der Waals surface area contributed by atoms with E-state index in [9.17, 15) is 22.8 Å². The molecule has 1 heterocycles. The smallest absolute Gasteiger partial charge is 0.406 e. The first-order valence-electron chi connectivity index (χ1n) is 8.45. The molecule has 2 amide bonds. The van der Waals surface area contributed by atoms with E-state index < -0.39 is 23.9 Å². The van der Waals surface area contributed by atoms with E-state index >= 15 is 0 Å². The second-order valence-corrected chi connectivity index (χ2v) is 6.64.